The molecule has 1 aromatic carbocycles. The van der Waals surface area contributed by atoms with Crippen molar-refractivity contribution < 1.29 is 0 Å². The van der Waals surface area contributed by atoms with E-state index in [0.717, 1.165) is 35.5 Å². The van der Waals surface area contributed by atoms with Crippen LogP contribution in [0.25, 0.3) is 22.5 Å². The number of aromatic nitrogens is 4. The van der Waals surface area contributed by atoms with Gasteiger partial charge in [0.2, 0.25) is 0 Å². The average molecular weight is 292 g/mol. The summed E-state index contributed by atoms with van der Waals surface area (Å²) in [5.74, 6) is 0.688. The first-order chi connectivity index (χ1) is 10.7. The first kappa shape index (κ1) is 14.4. The second-order valence-electron chi connectivity index (χ2n) is 5.82. The summed E-state index contributed by atoms with van der Waals surface area (Å²) in [6, 6.07) is 10.3. The molecule has 0 N–H and O–H groups in total. The predicted molar refractivity (Wildman–Crippen MR) is 88.1 cm³/mol. The Morgan fingerprint density at radius 2 is 1.86 bits per heavy atom. The monoisotopic (exact) mass is 292 g/mol. The van der Waals surface area contributed by atoms with Crippen LogP contribution in [0.1, 0.15) is 20.3 Å². The van der Waals surface area contributed by atoms with Gasteiger partial charge in [-0.15, -0.1) is 0 Å². The molecule has 0 unspecified atom stereocenters. The first-order valence-corrected chi connectivity index (χ1v) is 7.62. The van der Waals surface area contributed by atoms with Gasteiger partial charge in [0.05, 0.1) is 17.6 Å². The van der Waals surface area contributed by atoms with E-state index in [1.807, 2.05) is 23.0 Å². The van der Waals surface area contributed by atoms with Crippen LogP contribution >= 0.6 is 0 Å². The van der Waals surface area contributed by atoms with Crippen LogP contribution < -0.4 is 0 Å². The molecule has 0 aliphatic rings. The molecule has 0 aliphatic carbocycles. The normalized spacial score (nSPS) is 11.0. The van der Waals surface area contributed by atoms with Crippen molar-refractivity contribution in [2.24, 2.45) is 5.92 Å². The molecule has 4 heteroatoms. The van der Waals surface area contributed by atoms with E-state index in [0.29, 0.717) is 5.92 Å². The van der Waals surface area contributed by atoms with Crippen LogP contribution in [0.3, 0.4) is 0 Å². The highest BCUT2D eigenvalue weighted by atomic mass is 15.3. The fourth-order valence-corrected chi connectivity index (χ4v) is 2.32. The minimum Gasteiger partial charge on any atom is -0.272 e. The molecule has 0 saturated heterocycles. The summed E-state index contributed by atoms with van der Waals surface area (Å²) < 4.78 is 2.02. The zero-order valence-corrected chi connectivity index (χ0v) is 13.0. The lowest BCUT2D eigenvalue weighted by molar-refractivity contribution is 0.488. The number of rotatable bonds is 5. The Bertz CT molecular complexity index is 732. The van der Waals surface area contributed by atoms with Gasteiger partial charge in [-0.05, 0) is 24.5 Å². The maximum absolute atomic E-state index is 4.67. The third-order valence-corrected chi connectivity index (χ3v) is 3.59. The summed E-state index contributed by atoms with van der Waals surface area (Å²) in [6.45, 7) is 5.42. The molecule has 0 atom stereocenters. The van der Waals surface area contributed by atoms with E-state index < -0.39 is 0 Å². The third-order valence-electron chi connectivity index (χ3n) is 3.59. The van der Waals surface area contributed by atoms with E-state index in [-0.39, 0.29) is 0 Å². The zero-order chi connectivity index (χ0) is 15.4. The van der Waals surface area contributed by atoms with Gasteiger partial charge in [0, 0.05) is 36.3 Å². The molecular formula is C18H20N4. The van der Waals surface area contributed by atoms with Gasteiger partial charge in [-0.25, -0.2) is 0 Å². The third kappa shape index (κ3) is 3.39. The van der Waals surface area contributed by atoms with E-state index in [4.69, 9.17) is 0 Å². The Morgan fingerprint density at radius 3 is 2.59 bits per heavy atom. The molecule has 0 saturated carbocycles. The summed E-state index contributed by atoms with van der Waals surface area (Å²) >= 11 is 0. The number of hydrogen-bond acceptors (Lipinski definition) is 3. The molecule has 0 bridgehead atoms. The maximum atomic E-state index is 4.67. The van der Waals surface area contributed by atoms with Crippen molar-refractivity contribution in [2.45, 2.75) is 26.8 Å². The fraction of sp³-hybridized carbons (Fsp3) is 0.278. The molecule has 0 aliphatic heterocycles. The lowest BCUT2D eigenvalue weighted by Crippen LogP contribution is -2.02. The van der Waals surface area contributed by atoms with E-state index in [9.17, 15) is 0 Å². The number of nitrogens with zero attached hydrogens (tertiary/aromatic N) is 4. The highest BCUT2D eigenvalue weighted by molar-refractivity contribution is 5.68. The zero-order valence-electron chi connectivity index (χ0n) is 13.0. The van der Waals surface area contributed by atoms with Gasteiger partial charge in [0.1, 0.15) is 0 Å². The molecular weight excluding hydrogens is 272 g/mol. The van der Waals surface area contributed by atoms with Crippen molar-refractivity contribution in [3.05, 3.63) is 55.1 Å². The molecule has 2 aromatic heterocycles. The Morgan fingerprint density at radius 1 is 1.05 bits per heavy atom. The summed E-state index contributed by atoms with van der Waals surface area (Å²) in [4.78, 5) is 8.48. The number of benzene rings is 1. The fourth-order valence-electron chi connectivity index (χ4n) is 2.32. The van der Waals surface area contributed by atoms with Gasteiger partial charge in [-0.2, -0.15) is 5.10 Å². The Hall–Kier alpha value is -2.49. The lowest BCUT2D eigenvalue weighted by atomic mass is 10.1. The number of aryl methyl sites for hydroxylation is 1. The summed E-state index contributed by atoms with van der Waals surface area (Å²) in [5.41, 5.74) is 4.03. The van der Waals surface area contributed by atoms with Crippen molar-refractivity contribution in [1.29, 1.82) is 0 Å². The van der Waals surface area contributed by atoms with Crippen LogP contribution in [0.2, 0.25) is 0 Å². The van der Waals surface area contributed by atoms with Crippen molar-refractivity contribution in [1.82, 2.24) is 19.7 Å². The average Bonchev–Trinajstić information content (AvgIpc) is 3.03. The molecule has 2 heterocycles. The van der Waals surface area contributed by atoms with Gasteiger partial charge < -0.3 is 0 Å². The second-order valence-corrected chi connectivity index (χ2v) is 5.82. The van der Waals surface area contributed by atoms with E-state index in [1.54, 1.807) is 18.6 Å². The number of hydrogen-bond donors (Lipinski definition) is 0. The second kappa shape index (κ2) is 6.52. The largest absolute Gasteiger partial charge is 0.272 e. The van der Waals surface area contributed by atoms with Crippen molar-refractivity contribution in [3.63, 3.8) is 0 Å². The van der Waals surface area contributed by atoms with E-state index >= 15 is 0 Å². The Balaban J connectivity index is 1.83. The Labute approximate surface area is 130 Å². The van der Waals surface area contributed by atoms with Crippen molar-refractivity contribution >= 4 is 0 Å². The van der Waals surface area contributed by atoms with Crippen LogP contribution in [-0.4, -0.2) is 19.7 Å². The molecule has 3 aromatic rings. The van der Waals surface area contributed by atoms with Gasteiger partial charge in [0.25, 0.3) is 0 Å². The standard InChI is InChI=1S/C18H20N4/c1-14(2)6-10-22-11-7-17(21-22)15-4-3-5-16(12-15)18-13-19-8-9-20-18/h3-5,7-9,11-14H,6,10H2,1-2H3. The molecule has 3 rings (SSSR count). The summed E-state index contributed by atoms with van der Waals surface area (Å²) in [6.07, 6.45) is 8.36. The quantitative estimate of drug-likeness (QED) is 0.712. The van der Waals surface area contributed by atoms with Crippen LogP contribution in [-0.2, 0) is 6.54 Å². The summed E-state index contributed by atoms with van der Waals surface area (Å²) in [7, 11) is 0. The minimum atomic E-state index is 0.688. The van der Waals surface area contributed by atoms with E-state index in [1.165, 1.54) is 0 Å². The lowest BCUT2D eigenvalue weighted by Gasteiger charge is -2.05. The molecule has 4 nitrogen and oxygen atoms in total. The SMILES string of the molecule is CC(C)CCn1ccc(-c2cccc(-c3cnccn3)c2)n1. The van der Waals surface area contributed by atoms with Crippen LogP contribution in [0.4, 0.5) is 0 Å². The predicted octanol–water partition coefficient (Wildman–Crippen LogP) is 4.05. The molecule has 0 amide bonds. The maximum Gasteiger partial charge on any atom is 0.0923 e. The summed E-state index contributed by atoms with van der Waals surface area (Å²) in [5, 5.41) is 4.67. The first-order valence-electron chi connectivity index (χ1n) is 7.62. The topological polar surface area (TPSA) is 43.6 Å². The van der Waals surface area contributed by atoms with Crippen LogP contribution in [0.5, 0.6) is 0 Å². The van der Waals surface area contributed by atoms with E-state index in [2.05, 4.69) is 47.1 Å². The molecule has 0 spiro atoms. The van der Waals surface area contributed by atoms with Gasteiger partial charge in [-0.3, -0.25) is 14.6 Å². The van der Waals surface area contributed by atoms with Gasteiger partial charge in [-0.1, -0.05) is 32.0 Å². The molecule has 0 radical (unpaired) electrons. The molecule has 0 fully saturated rings. The minimum absolute atomic E-state index is 0.688. The van der Waals surface area contributed by atoms with Crippen LogP contribution in [0.15, 0.2) is 55.1 Å². The highest BCUT2D eigenvalue weighted by Crippen LogP contribution is 2.23. The molecule has 112 valence electrons. The Kier molecular flexibility index (Phi) is 4.28. The van der Waals surface area contributed by atoms with Crippen molar-refractivity contribution in [3.8, 4) is 22.5 Å². The van der Waals surface area contributed by atoms with Gasteiger partial charge in [0.15, 0.2) is 0 Å². The smallest absolute Gasteiger partial charge is 0.0923 e. The highest BCUT2D eigenvalue weighted by Gasteiger charge is 2.06. The van der Waals surface area contributed by atoms with Crippen LogP contribution in [0, 0.1) is 5.92 Å². The van der Waals surface area contributed by atoms with Gasteiger partial charge >= 0.3 is 0 Å². The molecule has 22 heavy (non-hydrogen) atoms. The van der Waals surface area contributed by atoms with Crippen molar-refractivity contribution in [2.75, 3.05) is 0 Å².